The van der Waals surface area contributed by atoms with E-state index in [2.05, 4.69) is 0 Å². The monoisotopic (exact) mass is 380 g/mol. The van der Waals surface area contributed by atoms with Crippen LogP contribution in [0.3, 0.4) is 0 Å². The van der Waals surface area contributed by atoms with Crippen LogP contribution in [-0.4, -0.2) is 27.1 Å². The Bertz CT molecular complexity index is 1120. The second kappa shape index (κ2) is 6.56. The third-order valence-electron chi connectivity index (χ3n) is 5.56. The van der Waals surface area contributed by atoms with E-state index in [1.807, 2.05) is 12.1 Å². The third-order valence-corrected chi connectivity index (χ3v) is 5.56. The Labute approximate surface area is 161 Å². The molecule has 2 aliphatic heterocycles. The lowest BCUT2D eigenvalue weighted by Gasteiger charge is -2.27. The summed E-state index contributed by atoms with van der Waals surface area (Å²) in [5, 5.41) is 0.548. The van der Waals surface area contributed by atoms with Crippen LogP contribution in [0, 0.1) is 5.92 Å². The van der Waals surface area contributed by atoms with Gasteiger partial charge in [0.2, 0.25) is 11.7 Å². The fourth-order valence-corrected chi connectivity index (χ4v) is 4.07. The first kappa shape index (κ1) is 17.1. The Hall–Kier alpha value is -2.99. The Morgan fingerprint density at radius 3 is 2.75 bits per heavy atom. The smallest absolute Gasteiger partial charge is 0.203 e. The molecular weight excluding hydrogens is 360 g/mol. The van der Waals surface area contributed by atoms with Crippen LogP contribution < -0.4 is 19.6 Å². The summed E-state index contributed by atoms with van der Waals surface area (Å²) in [6, 6.07) is 8.98. The maximum Gasteiger partial charge on any atom is 0.203 e. The van der Waals surface area contributed by atoms with E-state index in [0.29, 0.717) is 46.1 Å². The molecule has 1 saturated heterocycles. The van der Waals surface area contributed by atoms with Gasteiger partial charge in [0.05, 0.1) is 31.8 Å². The van der Waals surface area contributed by atoms with Gasteiger partial charge < -0.3 is 23.4 Å². The molecule has 0 radical (unpaired) electrons. The Kier molecular flexibility index (Phi) is 4.02. The summed E-state index contributed by atoms with van der Waals surface area (Å²) in [5.41, 5.74) is 2.65. The molecule has 5 rings (SSSR count). The summed E-state index contributed by atoms with van der Waals surface area (Å²) in [7, 11) is 3.14. The topological polar surface area (TPSA) is 67.1 Å². The van der Waals surface area contributed by atoms with Crippen LogP contribution in [0.4, 0.5) is 0 Å². The van der Waals surface area contributed by atoms with Crippen LogP contribution in [0.25, 0.3) is 22.1 Å². The van der Waals surface area contributed by atoms with E-state index in [1.54, 1.807) is 32.4 Å². The normalized spacial score (nSPS) is 20.4. The number of rotatable bonds is 3. The molecule has 144 valence electrons. The van der Waals surface area contributed by atoms with Crippen molar-refractivity contribution in [3.63, 3.8) is 0 Å². The second-order valence-corrected chi connectivity index (χ2v) is 7.08. The summed E-state index contributed by atoms with van der Waals surface area (Å²) in [6.07, 6.45) is 3.07. The maximum absolute atomic E-state index is 13.2. The maximum atomic E-state index is 13.2. The number of benzene rings is 2. The van der Waals surface area contributed by atoms with Crippen LogP contribution >= 0.6 is 0 Å². The molecule has 0 saturated carbocycles. The number of hydrogen-bond donors (Lipinski definition) is 0. The van der Waals surface area contributed by atoms with E-state index in [0.717, 1.165) is 24.2 Å². The molecule has 1 aromatic heterocycles. The minimum absolute atomic E-state index is 0.0823. The van der Waals surface area contributed by atoms with Crippen molar-refractivity contribution in [1.29, 1.82) is 0 Å². The van der Waals surface area contributed by atoms with Crippen molar-refractivity contribution in [1.82, 2.24) is 0 Å². The molecule has 6 nitrogen and oxygen atoms in total. The quantitative estimate of drug-likeness (QED) is 0.689. The van der Waals surface area contributed by atoms with Gasteiger partial charge in [-0.05, 0) is 42.7 Å². The highest BCUT2D eigenvalue weighted by molar-refractivity contribution is 5.86. The molecule has 6 heteroatoms. The zero-order valence-corrected chi connectivity index (χ0v) is 15.7. The van der Waals surface area contributed by atoms with Gasteiger partial charge in [-0.1, -0.05) is 6.07 Å². The minimum atomic E-state index is -0.192. The Morgan fingerprint density at radius 1 is 1.07 bits per heavy atom. The molecule has 2 aromatic carbocycles. The molecule has 2 aliphatic rings. The van der Waals surface area contributed by atoms with Crippen molar-refractivity contribution in [2.75, 3.05) is 20.8 Å². The first-order valence-electron chi connectivity index (χ1n) is 9.27. The van der Waals surface area contributed by atoms with Crippen molar-refractivity contribution in [3.05, 3.63) is 52.4 Å². The Balaban J connectivity index is 1.63. The average Bonchev–Trinajstić information content (AvgIpc) is 3.19. The van der Waals surface area contributed by atoms with Gasteiger partial charge >= 0.3 is 0 Å². The number of fused-ring (bicyclic) bond motifs is 4. The van der Waals surface area contributed by atoms with Crippen LogP contribution in [0.5, 0.6) is 17.2 Å². The molecule has 3 aromatic rings. The fraction of sp³-hybridized carbons (Fsp3) is 0.318. The van der Waals surface area contributed by atoms with Gasteiger partial charge in [0, 0.05) is 11.5 Å². The summed E-state index contributed by atoms with van der Waals surface area (Å²) in [5.74, 6) is 2.20. The largest absolute Gasteiger partial charge is 0.493 e. The number of ether oxygens (including phenoxy) is 4. The third kappa shape index (κ3) is 2.56. The van der Waals surface area contributed by atoms with Crippen LogP contribution in [0.15, 0.2) is 45.8 Å². The van der Waals surface area contributed by atoms with Gasteiger partial charge in [-0.2, -0.15) is 0 Å². The highest BCUT2D eigenvalue weighted by atomic mass is 16.7. The first-order chi connectivity index (χ1) is 13.7. The van der Waals surface area contributed by atoms with Crippen molar-refractivity contribution in [3.8, 4) is 28.4 Å². The molecule has 0 aliphatic carbocycles. The van der Waals surface area contributed by atoms with E-state index < -0.39 is 0 Å². The summed E-state index contributed by atoms with van der Waals surface area (Å²) < 4.78 is 28.2. The second-order valence-electron chi connectivity index (χ2n) is 7.08. The van der Waals surface area contributed by atoms with E-state index in [-0.39, 0.29) is 11.7 Å². The van der Waals surface area contributed by atoms with Gasteiger partial charge in [-0.3, -0.25) is 4.79 Å². The standard InChI is InChI=1S/C22H20O6/c1-24-18-5-3-12(10-19(18)25-2)16-11-27-21-14(20(16)23)4-6-17-15(21)9-13-7-8-26-22(13)28-17/h3-6,10-11,13,22H,7-9H2,1-2H3. The van der Waals surface area contributed by atoms with Crippen LogP contribution in [0.2, 0.25) is 0 Å². The Morgan fingerprint density at radius 2 is 1.93 bits per heavy atom. The molecule has 1 fully saturated rings. The number of methoxy groups -OCH3 is 2. The van der Waals surface area contributed by atoms with E-state index in [1.165, 1.54) is 6.26 Å². The summed E-state index contributed by atoms with van der Waals surface area (Å²) in [6.45, 7) is 0.703. The average molecular weight is 380 g/mol. The van der Waals surface area contributed by atoms with Gasteiger partial charge in [-0.15, -0.1) is 0 Å². The van der Waals surface area contributed by atoms with Crippen molar-refractivity contribution >= 4 is 11.0 Å². The zero-order valence-electron chi connectivity index (χ0n) is 15.7. The molecule has 2 atom stereocenters. The highest BCUT2D eigenvalue weighted by Gasteiger charge is 2.36. The lowest BCUT2D eigenvalue weighted by Crippen LogP contribution is -2.29. The number of hydrogen-bond acceptors (Lipinski definition) is 6. The van der Waals surface area contributed by atoms with Crippen molar-refractivity contribution in [2.24, 2.45) is 5.92 Å². The molecular formula is C22H20O6. The molecule has 2 unspecified atom stereocenters. The van der Waals surface area contributed by atoms with E-state index >= 15 is 0 Å². The molecule has 0 spiro atoms. The summed E-state index contributed by atoms with van der Waals surface area (Å²) in [4.78, 5) is 13.2. The van der Waals surface area contributed by atoms with E-state index in [4.69, 9.17) is 23.4 Å². The van der Waals surface area contributed by atoms with Crippen molar-refractivity contribution < 1.29 is 23.4 Å². The molecule has 3 heterocycles. The lowest BCUT2D eigenvalue weighted by atomic mass is 9.92. The lowest BCUT2D eigenvalue weighted by molar-refractivity contribution is -0.0697. The predicted octanol–water partition coefficient (Wildman–Crippen LogP) is 3.77. The first-order valence-corrected chi connectivity index (χ1v) is 9.27. The van der Waals surface area contributed by atoms with Gasteiger partial charge in [0.25, 0.3) is 0 Å². The predicted molar refractivity (Wildman–Crippen MR) is 103 cm³/mol. The van der Waals surface area contributed by atoms with Crippen LogP contribution in [-0.2, 0) is 11.2 Å². The van der Waals surface area contributed by atoms with Gasteiger partial charge in [0.1, 0.15) is 17.6 Å². The SMILES string of the molecule is COc1ccc(-c2coc3c4c(ccc3c2=O)OC2OCCC2C4)cc1OC. The van der Waals surface area contributed by atoms with Gasteiger partial charge in [0.15, 0.2) is 11.5 Å². The van der Waals surface area contributed by atoms with Crippen molar-refractivity contribution in [2.45, 2.75) is 19.1 Å². The van der Waals surface area contributed by atoms with E-state index in [9.17, 15) is 4.79 Å². The zero-order chi connectivity index (χ0) is 19.3. The van der Waals surface area contributed by atoms with Crippen LogP contribution in [0.1, 0.15) is 12.0 Å². The molecule has 0 amide bonds. The molecule has 0 N–H and O–H groups in total. The molecule has 0 bridgehead atoms. The fourth-order valence-electron chi connectivity index (χ4n) is 4.07. The highest BCUT2D eigenvalue weighted by Crippen LogP contribution is 2.40. The van der Waals surface area contributed by atoms with Gasteiger partial charge in [-0.25, -0.2) is 0 Å². The summed E-state index contributed by atoms with van der Waals surface area (Å²) >= 11 is 0. The minimum Gasteiger partial charge on any atom is -0.493 e. The molecule has 28 heavy (non-hydrogen) atoms.